The van der Waals surface area contributed by atoms with Gasteiger partial charge in [0.15, 0.2) is 12.4 Å². The number of ether oxygens (including phenoxy) is 1. The lowest BCUT2D eigenvalue weighted by atomic mass is 10.1. The quantitative estimate of drug-likeness (QED) is 0.724. The monoisotopic (exact) mass is 325 g/mol. The van der Waals surface area contributed by atoms with E-state index in [9.17, 15) is 9.59 Å². The van der Waals surface area contributed by atoms with Crippen molar-refractivity contribution in [2.24, 2.45) is 0 Å². The van der Waals surface area contributed by atoms with E-state index < -0.39 is 5.97 Å². The van der Waals surface area contributed by atoms with E-state index in [1.165, 1.54) is 16.9 Å². The third kappa shape index (κ3) is 3.89. The molecule has 24 heavy (non-hydrogen) atoms. The number of carbonyl (C=O) groups is 2. The van der Waals surface area contributed by atoms with Crippen molar-refractivity contribution >= 4 is 28.5 Å². The number of nitrogens with zero attached hydrogens (tertiary/aromatic N) is 2. The number of hydrogen-bond acceptors (Lipinski definition) is 4. The summed E-state index contributed by atoms with van der Waals surface area (Å²) >= 11 is 0. The van der Waals surface area contributed by atoms with Gasteiger partial charge in [-0.1, -0.05) is 30.3 Å². The average molecular weight is 325 g/mol. The van der Waals surface area contributed by atoms with E-state index in [4.69, 9.17) is 9.84 Å². The van der Waals surface area contributed by atoms with E-state index in [0.29, 0.717) is 5.75 Å². The minimum absolute atomic E-state index is 0.163. The first-order valence-corrected chi connectivity index (χ1v) is 7.27. The molecule has 0 saturated heterocycles. The normalized spacial score (nSPS) is 10.5. The molecule has 0 radical (unpaired) electrons. The fraction of sp³-hybridized carbons (Fsp3) is 0.118. The minimum Gasteiger partial charge on any atom is -0.484 e. The maximum absolute atomic E-state index is 11.9. The molecule has 0 aliphatic rings. The fourth-order valence-electron chi connectivity index (χ4n) is 2.24. The third-order valence-corrected chi connectivity index (χ3v) is 3.30. The smallest absolute Gasteiger partial charge is 0.325 e. The van der Waals surface area contributed by atoms with Gasteiger partial charge in [0.1, 0.15) is 12.3 Å². The highest BCUT2D eigenvalue weighted by Crippen LogP contribution is 2.20. The molecule has 1 amide bonds. The van der Waals surface area contributed by atoms with Gasteiger partial charge in [-0.25, -0.2) is 0 Å². The second-order valence-electron chi connectivity index (χ2n) is 5.14. The Morgan fingerprint density at radius 3 is 2.71 bits per heavy atom. The highest BCUT2D eigenvalue weighted by molar-refractivity contribution is 5.91. The molecule has 7 heteroatoms. The first-order chi connectivity index (χ1) is 11.6. The van der Waals surface area contributed by atoms with Crippen molar-refractivity contribution in [2.75, 3.05) is 11.9 Å². The van der Waals surface area contributed by atoms with E-state index in [1.807, 2.05) is 36.4 Å². The molecule has 0 saturated carbocycles. The molecule has 0 fully saturated rings. The summed E-state index contributed by atoms with van der Waals surface area (Å²) in [6.45, 7) is -0.423. The SMILES string of the molecule is O=C(O)Cn1ccc(NC(=O)COc2ccc3ccccc3c2)n1. The van der Waals surface area contributed by atoms with Gasteiger partial charge in [0.05, 0.1) is 0 Å². The molecule has 0 aliphatic heterocycles. The van der Waals surface area contributed by atoms with Crippen LogP contribution < -0.4 is 10.1 Å². The van der Waals surface area contributed by atoms with Crippen LogP contribution in [0.5, 0.6) is 5.75 Å². The van der Waals surface area contributed by atoms with Crippen LogP contribution in [0.15, 0.2) is 54.7 Å². The van der Waals surface area contributed by atoms with Crippen LogP contribution in [0.1, 0.15) is 0 Å². The third-order valence-electron chi connectivity index (χ3n) is 3.30. The number of anilines is 1. The van der Waals surface area contributed by atoms with Crippen molar-refractivity contribution in [3.05, 3.63) is 54.7 Å². The fourth-order valence-corrected chi connectivity index (χ4v) is 2.24. The number of amides is 1. The lowest BCUT2D eigenvalue weighted by Crippen LogP contribution is -2.20. The number of hydrogen-bond donors (Lipinski definition) is 2. The summed E-state index contributed by atoms with van der Waals surface area (Å²) in [5.74, 6) is -0.497. The maximum atomic E-state index is 11.9. The summed E-state index contributed by atoms with van der Waals surface area (Å²) in [6.07, 6.45) is 1.48. The molecule has 0 aliphatic carbocycles. The molecule has 0 bridgehead atoms. The van der Waals surface area contributed by atoms with Gasteiger partial charge in [-0.05, 0) is 22.9 Å². The summed E-state index contributed by atoms with van der Waals surface area (Å²) < 4.78 is 6.70. The Morgan fingerprint density at radius 2 is 1.92 bits per heavy atom. The molecule has 3 aromatic rings. The van der Waals surface area contributed by atoms with Crippen molar-refractivity contribution in [2.45, 2.75) is 6.54 Å². The number of fused-ring (bicyclic) bond motifs is 1. The predicted molar refractivity (Wildman–Crippen MR) is 87.9 cm³/mol. The number of rotatable bonds is 6. The molecule has 7 nitrogen and oxygen atoms in total. The van der Waals surface area contributed by atoms with Crippen LogP contribution in [0.3, 0.4) is 0 Å². The molecular formula is C17H15N3O4. The zero-order valence-electron chi connectivity index (χ0n) is 12.7. The minimum atomic E-state index is -1.00. The van der Waals surface area contributed by atoms with Gasteiger partial charge in [-0.3, -0.25) is 14.3 Å². The second kappa shape index (κ2) is 6.82. The van der Waals surface area contributed by atoms with Gasteiger partial charge in [0.2, 0.25) is 0 Å². The van der Waals surface area contributed by atoms with Crippen LogP contribution in [0.4, 0.5) is 5.82 Å². The molecule has 3 rings (SSSR count). The Balaban J connectivity index is 1.56. The Kier molecular flexibility index (Phi) is 4.42. The van der Waals surface area contributed by atoms with Gasteiger partial charge < -0.3 is 15.2 Å². The molecular weight excluding hydrogens is 310 g/mol. The zero-order chi connectivity index (χ0) is 16.9. The number of benzene rings is 2. The topological polar surface area (TPSA) is 93.5 Å². The summed E-state index contributed by atoms with van der Waals surface area (Å²) in [7, 11) is 0. The van der Waals surface area contributed by atoms with Gasteiger partial charge in [0, 0.05) is 12.3 Å². The van der Waals surface area contributed by atoms with Crippen LogP contribution in [-0.4, -0.2) is 33.4 Å². The predicted octanol–water partition coefficient (Wildman–Crippen LogP) is 2.14. The number of nitrogens with one attached hydrogen (secondary N) is 1. The molecule has 0 unspecified atom stereocenters. The highest BCUT2D eigenvalue weighted by atomic mass is 16.5. The Hall–Kier alpha value is -3.35. The molecule has 1 aromatic heterocycles. The van der Waals surface area contributed by atoms with Gasteiger partial charge in [-0.2, -0.15) is 5.10 Å². The van der Waals surface area contributed by atoms with E-state index in [1.54, 1.807) is 6.07 Å². The molecule has 0 atom stereocenters. The lowest BCUT2D eigenvalue weighted by molar-refractivity contribution is -0.137. The van der Waals surface area contributed by atoms with E-state index in [2.05, 4.69) is 10.4 Å². The van der Waals surface area contributed by atoms with E-state index in [0.717, 1.165) is 10.8 Å². The number of carboxylic acid groups (broad SMARTS) is 1. The van der Waals surface area contributed by atoms with Gasteiger partial charge in [0.25, 0.3) is 5.91 Å². The lowest BCUT2D eigenvalue weighted by Gasteiger charge is -2.07. The summed E-state index contributed by atoms with van der Waals surface area (Å²) in [6, 6.07) is 15.0. The Morgan fingerprint density at radius 1 is 1.12 bits per heavy atom. The van der Waals surface area contributed by atoms with Crippen LogP contribution >= 0.6 is 0 Å². The number of aliphatic carboxylic acids is 1. The molecule has 0 spiro atoms. The van der Waals surface area contributed by atoms with Gasteiger partial charge >= 0.3 is 5.97 Å². The van der Waals surface area contributed by atoms with Crippen molar-refractivity contribution in [3.63, 3.8) is 0 Å². The van der Waals surface area contributed by atoms with E-state index >= 15 is 0 Å². The summed E-state index contributed by atoms with van der Waals surface area (Å²) in [5, 5.41) is 17.3. The molecule has 1 heterocycles. The largest absolute Gasteiger partial charge is 0.484 e. The summed E-state index contributed by atoms with van der Waals surface area (Å²) in [5.41, 5.74) is 0. The number of carboxylic acids is 1. The highest BCUT2D eigenvalue weighted by Gasteiger charge is 2.08. The number of aromatic nitrogens is 2. The van der Waals surface area contributed by atoms with Crippen LogP contribution in [0.25, 0.3) is 10.8 Å². The molecule has 2 aromatic carbocycles. The standard InChI is InChI=1S/C17H15N3O4/c21-16(18-15-7-8-20(19-15)10-17(22)23)11-24-14-6-5-12-3-1-2-4-13(12)9-14/h1-9H,10-11H2,(H,22,23)(H,18,19,21). The first-order valence-electron chi connectivity index (χ1n) is 7.27. The van der Waals surface area contributed by atoms with Crippen LogP contribution in [-0.2, 0) is 16.1 Å². The van der Waals surface area contributed by atoms with Crippen molar-refractivity contribution in [1.82, 2.24) is 9.78 Å². The van der Waals surface area contributed by atoms with E-state index in [-0.39, 0.29) is 24.9 Å². The molecule has 122 valence electrons. The van der Waals surface area contributed by atoms with Gasteiger partial charge in [-0.15, -0.1) is 0 Å². The second-order valence-corrected chi connectivity index (χ2v) is 5.14. The van der Waals surface area contributed by atoms with Crippen molar-refractivity contribution < 1.29 is 19.4 Å². The summed E-state index contributed by atoms with van der Waals surface area (Å²) in [4.78, 5) is 22.5. The molecule has 2 N–H and O–H groups in total. The van der Waals surface area contributed by atoms with Crippen molar-refractivity contribution in [1.29, 1.82) is 0 Å². The Bertz CT molecular complexity index is 888. The maximum Gasteiger partial charge on any atom is 0.325 e. The number of carbonyl (C=O) groups excluding carboxylic acids is 1. The average Bonchev–Trinajstić information content (AvgIpc) is 2.99. The zero-order valence-corrected chi connectivity index (χ0v) is 12.7. The van der Waals surface area contributed by atoms with Crippen molar-refractivity contribution in [3.8, 4) is 5.75 Å². The van der Waals surface area contributed by atoms with Crippen LogP contribution in [0, 0.1) is 0 Å². The Labute approximate surface area is 137 Å². The van der Waals surface area contributed by atoms with Crippen LogP contribution in [0.2, 0.25) is 0 Å². The first kappa shape index (κ1) is 15.5.